The summed E-state index contributed by atoms with van der Waals surface area (Å²) in [6, 6.07) is 21.7. The van der Waals surface area contributed by atoms with Crippen molar-refractivity contribution in [3.63, 3.8) is 0 Å². The van der Waals surface area contributed by atoms with E-state index < -0.39 is 0 Å². The van der Waals surface area contributed by atoms with Crippen LogP contribution in [0.3, 0.4) is 0 Å². The van der Waals surface area contributed by atoms with Gasteiger partial charge in [0.15, 0.2) is 5.76 Å². The molecule has 0 aliphatic rings. The Bertz CT molecular complexity index is 952. The van der Waals surface area contributed by atoms with Gasteiger partial charge in [-0.2, -0.15) is 0 Å². The minimum absolute atomic E-state index is 0.0778. The Labute approximate surface area is 198 Å². The third-order valence-electron chi connectivity index (χ3n) is 6.02. The first-order chi connectivity index (χ1) is 16.1. The zero-order valence-corrected chi connectivity index (χ0v) is 20.1. The molecule has 1 unspecified atom stereocenters. The highest BCUT2D eigenvalue weighted by Gasteiger charge is 2.24. The fourth-order valence-corrected chi connectivity index (χ4v) is 3.95. The SMILES string of the molecule is CCN(CC)CCCC(C)N(Cc1cccc(OCc2ccccc2)c1)C(=O)c1ccco1. The molecular formula is C28H36N2O3. The number of amides is 1. The van der Waals surface area contributed by atoms with Gasteiger partial charge in [-0.3, -0.25) is 4.79 Å². The lowest BCUT2D eigenvalue weighted by Crippen LogP contribution is -2.38. The van der Waals surface area contributed by atoms with E-state index in [0.29, 0.717) is 18.9 Å². The van der Waals surface area contributed by atoms with Gasteiger partial charge >= 0.3 is 0 Å². The number of hydrogen-bond acceptors (Lipinski definition) is 4. The molecule has 5 nitrogen and oxygen atoms in total. The monoisotopic (exact) mass is 448 g/mol. The number of furan rings is 1. The number of carbonyl (C=O) groups excluding carboxylic acids is 1. The molecule has 1 aromatic heterocycles. The predicted molar refractivity (Wildman–Crippen MR) is 132 cm³/mol. The Morgan fingerprint density at radius 2 is 1.73 bits per heavy atom. The van der Waals surface area contributed by atoms with E-state index in [1.165, 1.54) is 0 Å². The van der Waals surface area contributed by atoms with Gasteiger partial charge in [0.1, 0.15) is 12.4 Å². The van der Waals surface area contributed by atoms with E-state index in [1.807, 2.05) is 59.5 Å². The zero-order chi connectivity index (χ0) is 23.5. The largest absolute Gasteiger partial charge is 0.489 e. The van der Waals surface area contributed by atoms with E-state index in [2.05, 4.69) is 25.7 Å². The molecule has 0 fully saturated rings. The van der Waals surface area contributed by atoms with Crippen LogP contribution in [-0.2, 0) is 13.2 Å². The Morgan fingerprint density at radius 3 is 2.42 bits per heavy atom. The van der Waals surface area contributed by atoms with E-state index in [1.54, 1.807) is 18.4 Å². The molecule has 0 saturated heterocycles. The molecule has 0 saturated carbocycles. The van der Waals surface area contributed by atoms with E-state index in [9.17, 15) is 4.79 Å². The fourth-order valence-electron chi connectivity index (χ4n) is 3.95. The second-order valence-electron chi connectivity index (χ2n) is 8.35. The Balaban J connectivity index is 1.68. The summed E-state index contributed by atoms with van der Waals surface area (Å²) in [6.07, 6.45) is 3.53. The maximum atomic E-state index is 13.2. The number of rotatable bonds is 13. The van der Waals surface area contributed by atoms with Crippen molar-refractivity contribution in [2.75, 3.05) is 19.6 Å². The molecule has 0 bridgehead atoms. The normalized spacial score (nSPS) is 12.0. The lowest BCUT2D eigenvalue weighted by molar-refractivity contribution is 0.0629. The van der Waals surface area contributed by atoms with E-state index in [4.69, 9.17) is 9.15 Å². The average Bonchev–Trinajstić information content (AvgIpc) is 3.39. The molecule has 2 aromatic carbocycles. The van der Waals surface area contributed by atoms with E-state index in [0.717, 1.165) is 49.4 Å². The van der Waals surface area contributed by atoms with Crippen molar-refractivity contribution in [1.82, 2.24) is 9.80 Å². The molecule has 5 heteroatoms. The molecule has 0 spiro atoms. The van der Waals surface area contributed by atoms with Gasteiger partial charge in [-0.25, -0.2) is 0 Å². The second kappa shape index (κ2) is 12.9. The molecule has 1 atom stereocenters. The average molecular weight is 449 g/mol. The minimum atomic E-state index is -0.0778. The van der Waals surface area contributed by atoms with Gasteiger partial charge in [0.05, 0.1) is 6.26 Å². The van der Waals surface area contributed by atoms with Crippen LogP contribution < -0.4 is 4.74 Å². The van der Waals surface area contributed by atoms with Gasteiger partial charge in [-0.1, -0.05) is 56.3 Å². The van der Waals surface area contributed by atoms with Crippen molar-refractivity contribution in [3.8, 4) is 5.75 Å². The summed E-state index contributed by atoms with van der Waals surface area (Å²) in [5.74, 6) is 1.10. The van der Waals surface area contributed by atoms with Crippen LogP contribution in [0, 0.1) is 0 Å². The zero-order valence-electron chi connectivity index (χ0n) is 20.1. The summed E-state index contributed by atoms with van der Waals surface area (Å²) in [7, 11) is 0. The van der Waals surface area contributed by atoms with Crippen molar-refractivity contribution in [2.24, 2.45) is 0 Å². The molecular weight excluding hydrogens is 412 g/mol. The smallest absolute Gasteiger partial charge is 0.290 e. The number of ether oxygens (including phenoxy) is 1. The van der Waals surface area contributed by atoms with Crippen LogP contribution >= 0.6 is 0 Å². The first-order valence-corrected chi connectivity index (χ1v) is 11.9. The highest BCUT2D eigenvalue weighted by atomic mass is 16.5. The first kappa shape index (κ1) is 24.6. The lowest BCUT2D eigenvalue weighted by atomic mass is 10.1. The van der Waals surface area contributed by atoms with Crippen LogP contribution in [0.25, 0.3) is 0 Å². The Hall–Kier alpha value is -3.05. The minimum Gasteiger partial charge on any atom is -0.489 e. The number of nitrogens with zero attached hydrogens (tertiary/aromatic N) is 2. The number of benzene rings is 2. The van der Waals surface area contributed by atoms with Gasteiger partial charge in [-0.15, -0.1) is 0 Å². The Morgan fingerprint density at radius 1 is 0.970 bits per heavy atom. The van der Waals surface area contributed by atoms with E-state index in [-0.39, 0.29) is 11.9 Å². The molecule has 3 rings (SSSR count). The van der Waals surface area contributed by atoms with Gasteiger partial charge < -0.3 is 19.0 Å². The third kappa shape index (κ3) is 7.50. The fraction of sp³-hybridized carbons (Fsp3) is 0.393. The van der Waals surface area contributed by atoms with Crippen LogP contribution in [0.5, 0.6) is 5.75 Å². The molecule has 1 amide bonds. The summed E-state index contributed by atoms with van der Waals surface area (Å²) in [5, 5.41) is 0. The molecule has 3 aromatic rings. The molecule has 33 heavy (non-hydrogen) atoms. The van der Waals surface area contributed by atoms with Crippen molar-refractivity contribution in [2.45, 2.75) is 52.8 Å². The lowest BCUT2D eigenvalue weighted by Gasteiger charge is -2.29. The van der Waals surface area contributed by atoms with Crippen molar-refractivity contribution < 1.29 is 13.9 Å². The Kier molecular flexibility index (Phi) is 9.58. The quantitative estimate of drug-likeness (QED) is 0.321. The molecule has 1 heterocycles. The summed E-state index contributed by atoms with van der Waals surface area (Å²) in [4.78, 5) is 17.6. The summed E-state index contributed by atoms with van der Waals surface area (Å²) < 4.78 is 11.4. The summed E-state index contributed by atoms with van der Waals surface area (Å²) in [5.41, 5.74) is 2.16. The highest BCUT2D eigenvalue weighted by molar-refractivity contribution is 5.91. The summed E-state index contributed by atoms with van der Waals surface area (Å²) in [6.45, 7) is 10.7. The topological polar surface area (TPSA) is 45.9 Å². The highest BCUT2D eigenvalue weighted by Crippen LogP contribution is 2.21. The number of hydrogen-bond donors (Lipinski definition) is 0. The molecule has 0 radical (unpaired) electrons. The summed E-state index contributed by atoms with van der Waals surface area (Å²) >= 11 is 0. The van der Waals surface area contributed by atoms with Gasteiger partial charge in [0, 0.05) is 12.6 Å². The molecule has 0 aliphatic carbocycles. The van der Waals surface area contributed by atoms with Crippen LogP contribution in [0.15, 0.2) is 77.4 Å². The first-order valence-electron chi connectivity index (χ1n) is 11.9. The maximum Gasteiger partial charge on any atom is 0.290 e. The van der Waals surface area contributed by atoms with Gasteiger partial charge in [0.25, 0.3) is 5.91 Å². The molecule has 0 N–H and O–H groups in total. The van der Waals surface area contributed by atoms with Gasteiger partial charge in [0.2, 0.25) is 0 Å². The van der Waals surface area contributed by atoms with Crippen LogP contribution in [0.4, 0.5) is 0 Å². The standard InChI is InChI=1S/C28H36N2O3/c1-4-29(5-2)18-10-12-23(3)30(28(31)27-17-11-19-32-27)21-25-15-9-16-26(20-25)33-22-24-13-7-6-8-14-24/h6-9,11,13-17,19-20,23H,4-5,10,12,18,21-22H2,1-3H3. The second-order valence-corrected chi connectivity index (χ2v) is 8.35. The van der Waals surface area contributed by atoms with Crippen LogP contribution in [-0.4, -0.2) is 41.4 Å². The van der Waals surface area contributed by atoms with Crippen LogP contribution in [0.2, 0.25) is 0 Å². The third-order valence-corrected chi connectivity index (χ3v) is 6.02. The van der Waals surface area contributed by atoms with Crippen LogP contribution in [0.1, 0.15) is 55.3 Å². The maximum absolute atomic E-state index is 13.2. The van der Waals surface area contributed by atoms with Gasteiger partial charge in [-0.05, 0) is 74.8 Å². The van der Waals surface area contributed by atoms with E-state index >= 15 is 0 Å². The van der Waals surface area contributed by atoms with Crippen molar-refractivity contribution in [3.05, 3.63) is 89.9 Å². The number of carbonyl (C=O) groups is 1. The molecule has 0 aliphatic heterocycles. The predicted octanol–water partition coefficient (Wildman–Crippen LogP) is 6.01. The van der Waals surface area contributed by atoms with Crippen molar-refractivity contribution >= 4 is 5.91 Å². The van der Waals surface area contributed by atoms with Crippen molar-refractivity contribution in [1.29, 1.82) is 0 Å². The molecule has 176 valence electrons.